The number of amides is 1. The quantitative estimate of drug-likeness (QED) is 0.742. The summed E-state index contributed by atoms with van der Waals surface area (Å²) in [4.78, 5) is 35.5. The molecule has 3 atom stereocenters. The zero-order valence-electron chi connectivity index (χ0n) is 21.0. The van der Waals surface area contributed by atoms with Crippen LogP contribution in [0.15, 0.2) is 21.5 Å². The van der Waals surface area contributed by atoms with E-state index in [4.69, 9.17) is 4.52 Å². The van der Waals surface area contributed by atoms with Crippen molar-refractivity contribution in [2.24, 2.45) is 12.5 Å². The van der Waals surface area contributed by atoms with Crippen molar-refractivity contribution in [1.82, 2.24) is 24.5 Å². The van der Waals surface area contributed by atoms with Crippen LogP contribution < -0.4 is 10.6 Å². The van der Waals surface area contributed by atoms with Crippen molar-refractivity contribution < 1.29 is 9.32 Å². The van der Waals surface area contributed by atoms with Crippen LogP contribution in [0.25, 0.3) is 6.08 Å². The smallest absolute Gasteiger partial charge is 0.327 e. The van der Waals surface area contributed by atoms with E-state index in [0.29, 0.717) is 12.2 Å². The maximum Gasteiger partial charge on any atom is 0.327 e. The monoisotopic (exact) mass is 468 g/mol. The highest BCUT2D eigenvalue weighted by Crippen LogP contribution is 2.37. The number of anilines is 1. The van der Waals surface area contributed by atoms with Gasteiger partial charge in [-0.25, -0.2) is 4.79 Å². The largest absolute Gasteiger partial charge is 0.360 e. The van der Waals surface area contributed by atoms with E-state index in [0.717, 1.165) is 43.2 Å². The van der Waals surface area contributed by atoms with Gasteiger partial charge in [0.1, 0.15) is 17.7 Å². The van der Waals surface area contributed by atoms with Crippen molar-refractivity contribution in [3.05, 3.63) is 39.8 Å². The van der Waals surface area contributed by atoms with Crippen LogP contribution in [0.2, 0.25) is 0 Å². The van der Waals surface area contributed by atoms with Crippen molar-refractivity contribution in [2.45, 2.75) is 71.6 Å². The summed E-state index contributed by atoms with van der Waals surface area (Å²) < 4.78 is 7.10. The number of piperidine rings is 2. The second-order valence-electron chi connectivity index (χ2n) is 11.5. The topological polar surface area (TPSA) is 90.6 Å². The predicted octanol–water partition coefficient (Wildman–Crippen LogP) is 3.02. The molecule has 6 heterocycles. The molecule has 1 amide bonds. The van der Waals surface area contributed by atoms with Crippen molar-refractivity contribution in [1.29, 1.82) is 0 Å². The Hall–Kier alpha value is -2.81. The molecular formula is C25H36N6O3. The molecule has 6 rings (SSSR count). The van der Waals surface area contributed by atoms with E-state index in [1.807, 2.05) is 31.9 Å². The van der Waals surface area contributed by atoms with Gasteiger partial charge >= 0.3 is 5.69 Å². The number of nitrogens with zero attached hydrogens (tertiary/aromatic N) is 5. The van der Waals surface area contributed by atoms with E-state index in [9.17, 15) is 9.59 Å². The molecule has 2 aromatic rings. The highest BCUT2D eigenvalue weighted by atomic mass is 16.5. The van der Waals surface area contributed by atoms with Gasteiger partial charge in [-0.2, -0.15) is 0 Å². The van der Waals surface area contributed by atoms with Gasteiger partial charge < -0.3 is 19.3 Å². The summed E-state index contributed by atoms with van der Waals surface area (Å²) in [5, 5.41) is 4.06. The van der Waals surface area contributed by atoms with Gasteiger partial charge in [0.05, 0.1) is 5.69 Å². The molecule has 3 fully saturated rings. The highest BCUT2D eigenvalue weighted by molar-refractivity contribution is 5.92. The van der Waals surface area contributed by atoms with Gasteiger partial charge in [-0.05, 0) is 30.4 Å². The molecule has 0 radical (unpaired) electrons. The van der Waals surface area contributed by atoms with Gasteiger partial charge in [0.25, 0.3) is 5.91 Å². The summed E-state index contributed by atoms with van der Waals surface area (Å²) in [6.07, 6.45) is 6.32. The number of H-pyrrole nitrogens is 1. The minimum Gasteiger partial charge on any atom is -0.360 e. The number of aromatic amines is 1. The standard InChI is InChI=1S/C25H36N6O3/c1-15(2)20-11-19(27-34-20)23(32)30-13-16-7-8-17(30)12-29(16)21-10-9-18-22(28(6)24(33)26-18)31(21)14-25(3,4)5/h9-11,15-17,21H,7-8,12-14H2,1-6H3,(H,26,33). The Morgan fingerprint density at radius 1 is 1.24 bits per heavy atom. The fourth-order valence-corrected chi connectivity index (χ4v) is 5.62. The van der Waals surface area contributed by atoms with Crippen molar-refractivity contribution in [3.8, 4) is 0 Å². The second-order valence-corrected chi connectivity index (χ2v) is 11.5. The van der Waals surface area contributed by atoms with Gasteiger partial charge in [0, 0.05) is 50.7 Å². The van der Waals surface area contributed by atoms with E-state index in [-0.39, 0.29) is 41.2 Å². The summed E-state index contributed by atoms with van der Waals surface area (Å²) in [7, 11) is 1.83. The number of hydrogen-bond acceptors (Lipinski definition) is 6. The lowest BCUT2D eigenvalue weighted by Gasteiger charge is -2.55. The molecular weight excluding hydrogens is 432 g/mol. The molecule has 9 nitrogen and oxygen atoms in total. The first-order valence-electron chi connectivity index (χ1n) is 12.3. The molecule has 0 spiro atoms. The molecule has 4 aliphatic heterocycles. The second kappa shape index (κ2) is 8.15. The molecule has 34 heavy (non-hydrogen) atoms. The third-order valence-corrected chi connectivity index (χ3v) is 7.27. The van der Waals surface area contributed by atoms with E-state index >= 15 is 0 Å². The van der Waals surface area contributed by atoms with Gasteiger partial charge in [-0.15, -0.1) is 0 Å². The Labute approximate surface area is 200 Å². The Morgan fingerprint density at radius 3 is 2.59 bits per heavy atom. The van der Waals surface area contributed by atoms with E-state index < -0.39 is 0 Å². The summed E-state index contributed by atoms with van der Waals surface area (Å²) in [5.41, 5.74) is 1.21. The fourth-order valence-electron chi connectivity index (χ4n) is 5.62. The average Bonchev–Trinajstić information content (AvgIpc) is 3.38. The normalized spacial score (nSPS) is 24.9. The number of fused-ring (bicyclic) bond motifs is 4. The molecule has 4 aliphatic rings. The first kappa shape index (κ1) is 23.0. The summed E-state index contributed by atoms with van der Waals surface area (Å²) >= 11 is 0. The minimum atomic E-state index is -0.0977. The zero-order chi connectivity index (χ0) is 24.4. The van der Waals surface area contributed by atoms with Crippen LogP contribution in [0, 0.1) is 5.41 Å². The van der Waals surface area contributed by atoms with Crippen LogP contribution in [0.5, 0.6) is 0 Å². The summed E-state index contributed by atoms with van der Waals surface area (Å²) in [6.45, 7) is 13.0. The lowest BCUT2D eigenvalue weighted by Crippen LogP contribution is -2.68. The van der Waals surface area contributed by atoms with Crippen LogP contribution in [0.3, 0.4) is 0 Å². The minimum absolute atomic E-state index is 0.0361. The first-order valence-corrected chi connectivity index (χ1v) is 12.3. The van der Waals surface area contributed by atoms with Crippen LogP contribution in [0.4, 0.5) is 5.82 Å². The van der Waals surface area contributed by atoms with E-state index in [1.165, 1.54) is 0 Å². The zero-order valence-corrected chi connectivity index (χ0v) is 21.0. The molecule has 3 unspecified atom stereocenters. The Kier molecular flexibility index (Phi) is 5.50. The van der Waals surface area contributed by atoms with Gasteiger partial charge in [0.2, 0.25) is 0 Å². The number of rotatable bonds is 4. The summed E-state index contributed by atoms with van der Waals surface area (Å²) in [5.74, 6) is 1.84. The average molecular weight is 469 g/mol. The first-order chi connectivity index (χ1) is 16.0. The predicted molar refractivity (Wildman–Crippen MR) is 131 cm³/mol. The summed E-state index contributed by atoms with van der Waals surface area (Å²) in [6, 6.07) is 2.17. The molecule has 3 saturated heterocycles. The molecule has 9 heteroatoms. The number of piperazine rings is 1. The molecule has 184 valence electrons. The van der Waals surface area contributed by atoms with Crippen molar-refractivity contribution >= 4 is 17.8 Å². The molecule has 0 saturated carbocycles. The lowest BCUT2D eigenvalue weighted by atomic mass is 9.88. The molecule has 1 N–H and O–H groups in total. The van der Waals surface area contributed by atoms with Crippen molar-refractivity contribution in [3.63, 3.8) is 0 Å². The van der Waals surface area contributed by atoms with Crippen LogP contribution in [-0.2, 0) is 7.05 Å². The number of hydrogen-bond donors (Lipinski definition) is 1. The molecule has 0 aliphatic carbocycles. The van der Waals surface area contributed by atoms with Crippen molar-refractivity contribution in [2.75, 3.05) is 24.5 Å². The number of carbonyl (C=O) groups is 1. The van der Waals surface area contributed by atoms with Crippen LogP contribution in [0.1, 0.15) is 75.3 Å². The number of nitrogens with one attached hydrogen (secondary N) is 1. The molecule has 2 bridgehead atoms. The molecule has 0 aromatic carbocycles. The van der Waals surface area contributed by atoms with Gasteiger partial charge in [0.15, 0.2) is 5.69 Å². The van der Waals surface area contributed by atoms with Gasteiger partial charge in [-0.1, -0.05) is 39.8 Å². The SMILES string of the molecule is CC(C)c1cc(C(=O)N2CC3CCC2CN3C2C=Cc3[nH]c(=O)n(C)c3N2CC(C)(C)C)no1. The maximum atomic E-state index is 13.3. The Bertz CT molecular complexity index is 1170. The molecule has 2 aromatic heterocycles. The third-order valence-electron chi connectivity index (χ3n) is 7.27. The number of aromatic nitrogens is 3. The third kappa shape index (κ3) is 3.89. The fraction of sp³-hybridized carbons (Fsp3) is 0.640. The number of imidazole rings is 1. The lowest BCUT2D eigenvalue weighted by molar-refractivity contribution is -0.0251. The Morgan fingerprint density at radius 2 is 1.97 bits per heavy atom. The van der Waals surface area contributed by atoms with Gasteiger partial charge in [-0.3, -0.25) is 14.3 Å². The number of carbonyl (C=O) groups excluding carboxylic acids is 1. The van der Waals surface area contributed by atoms with Crippen LogP contribution in [-0.4, -0.2) is 68.3 Å². The highest BCUT2D eigenvalue weighted by Gasteiger charge is 2.46. The van der Waals surface area contributed by atoms with E-state index in [1.54, 1.807) is 10.6 Å². The van der Waals surface area contributed by atoms with Crippen LogP contribution >= 0.6 is 0 Å². The maximum absolute atomic E-state index is 13.3. The Balaban J connectivity index is 1.40. The van der Waals surface area contributed by atoms with E-state index in [2.05, 4.69) is 46.8 Å².